The lowest BCUT2D eigenvalue weighted by Gasteiger charge is -2.07. The number of hydrogen-bond donors (Lipinski definition) is 0. The molecule has 0 N–H and O–H groups in total. The molecule has 0 unspecified atom stereocenters. The topological polar surface area (TPSA) is 34.7 Å². The highest BCUT2D eigenvalue weighted by Gasteiger charge is 1.97. The number of ether oxygens (including phenoxy) is 1. The number of furan rings is 1. The molecule has 1 heterocycles. The maximum absolute atomic E-state index is 5.82. The molecule has 3 aromatic rings. The zero-order valence-electron chi connectivity index (χ0n) is 13.8. The summed E-state index contributed by atoms with van der Waals surface area (Å²) in [7, 11) is 0. The van der Waals surface area contributed by atoms with Crippen molar-refractivity contribution in [3.8, 4) is 5.75 Å². The summed E-state index contributed by atoms with van der Waals surface area (Å²) in [5.74, 6) is 1.72. The van der Waals surface area contributed by atoms with Gasteiger partial charge in [0.25, 0.3) is 0 Å². The second-order valence-corrected chi connectivity index (χ2v) is 5.58. The highest BCUT2D eigenvalue weighted by Crippen LogP contribution is 2.14. The van der Waals surface area contributed by atoms with E-state index < -0.39 is 0 Å². The zero-order chi connectivity index (χ0) is 16.6. The number of hydrogen-bond acceptors (Lipinski definition) is 3. The quantitative estimate of drug-likeness (QED) is 0.572. The van der Waals surface area contributed by atoms with E-state index in [1.165, 1.54) is 11.1 Å². The molecule has 2 aromatic carbocycles. The standard InChI is InChI=1S/C21H21NO2/c1-2-17-5-7-19(8-6-17)16-24-20-11-9-18(10-12-20)14-22-15-21-4-3-13-23-21/h3-14H,2,15-16H2,1H3. The van der Waals surface area contributed by atoms with Gasteiger partial charge in [-0.05, 0) is 59.5 Å². The van der Waals surface area contributed by atoms with E-state index in [9.17, 15) is 0 Å². The van der Waals surface area contributed by atoms with Gasteiger partial charge in [0.2, 0.25) is 0 Å². The molecule has 0 radical (unpaired) electrons. The van der Waals surface area contributed by atoms with Crippen molar-refractivity contribution in [2.75, 3.05) is 0 Å². The van der Waals surface area contributed by atoms with Gasteiger partial charge >= 0.3 is 0 Å². The smallest absolute Gasteiger partial charge is 0.125 e. The molecular weight excluding hydrogens is 298 g/mol. The Kier molecular flexibility index (Phi) is 5.46. The van der Waals surface area contributed by atoms with Crippen LogP contribution in [0.25, 0.3) is 0 Å². The van der Waals surface area contributed by atoms with Crippen LogP contribution in [-0.2, 0) is 19.6 Å². The molecule has 122 valence electrons. The Morgan fingerprint density at radius 3 is 2.38 bits per heavy atom. The van der Waals surface area contributed by atoms with E-state index in [1.54, 1.807) is 6.26 Å². The second kappa shape index (κ2) is 8.16. The molecule has 0 spiro atoms. The molecule has 1 aromatic heterocycles. The Balaban J connectivity index is 1.51. The van der Waals surface area contributed by atoms with E-state index in [0.717, 1.165) is 23.5 Å². The van der Waals surface area contributed by atoms with Crippen LogP contribution in [0.1, 0.15) is 29.4 Å². The van der Waals surface area contributed by atoms with Crippen LogP contribution in [0.4, 0.5) is 0 Å². The normalized spacial score (nSPS) is 11.0. The van der Waals surface area contributed by atoms with Crippen molar-refractivity contribution in [2.45, 2.75) is 26.5 Å². The van der Waals surface area contributed by atoms with Gasteiger partial charge in [0.15, 0.2) is 0 Å². The van der Waals surface area contributed by atoms with Crippen molar-refractivity contribution >= 4 is 6.21 Å². The first kappa shape index (κ1) is 16.1. The van der Waals surface area contributed by atoms with Gasteiger partial charge in [-0.25, -0.2) is 0 Å². The fraction of sp³-hybridized carbons (Fsp3) is 0.190. The molecule has 3 rings (SSSR count). The third kappa shape index (κ3) is 4.59. The summed E-state index contributed by atoms with van der Waals surface area (Å²) in [4.78, 5) is 4.36. The summed E-state index contributed by atoms with van der Waals surface area (Å²) >= 11 is 0. The second-order valence-electron chi connectivity index (χ2n) is 5.58. The van der Waals surface area contributed by atoms with Gasteiger partial charge in [-0.2, -0.15) is 0 Å². The molecule has 3 nitrogen and oxygen atoms in total. The van der Waals surface area contributed by atoms with E-state index in [1.807, 2.05) is 42.6 Å². The molecule has 0 amide bonds. The average molecular weight is 319 g/mol. The van der Waals surface area contributed by atoms with Gasteiger partial charge in [-0.1, -0.05) is 31.2 Å². The molecule has 24 heavy (non-hydrogen) atoms. The van der Waals surface area contributed by atoms with E-state index >= 15 is 0 Å². The molecule has 0 aliphatic heterocycles. The van der Waals surface area contributed by atoms with Crippen LogP contribution in [-0.4, -0.2) is 6.21 Å². The lowest BCUT2D eigenvalue weighted by Crippen LogP contribution is -1.96. The van der Waals surface area contributed by atoms with Gasteiger partial charge in [-0.15, -0.1) is 0 Å². The van der Waals surface area contributed by atoms with Gasteiger partial charge < -0.3 is 9.15 Å². The lowest BCUT2D eigenvalue weighted by atomic mass is 10.1. The highest BCUT2D eigenvalue weighted by molar-refractivity contribution is 5.79. The number of nitrogens with zero attached hydrogens (tertiary/aromatic N) is 1. The molecule has 0 saturated heterocycles. The molecule has 0 aliphatic carbocycles. The molecule has 0 atom stereocenters. The third-order valence-corrected chi connectivity index (χ3v) is 3.78. The third-order valence-electron chi connectivity index (χ3n) is 3.78. The van der Waals surface area contributed by atoms with Gasteiger partial charge in [0.1, 0.15) is 18.1 Å². The first-order valence-corrected chi connectivity index (χ1v) is 8.16. The average Bonchev–Trinajstić information content (AvgIpc) is 3.15. The van der Waals surface area contributed by atoms with Crippen LogP contribution in [0.15, 0.2) is 76.3 Å². The Labute approximate surface area is 142 Å². The lowest BCUT2D eigenvalue weighted by molar-refractivity contribution is 0.306. The van der Waals surface area contributed by atoms with Crippen molar-refractivity contribution in [1.29, 1.82) is 0 Å². The molecule has 0 saturated carbocycles. The largest absolute Gasteiger partial charge is 0.489 e. The fourth-order valence-electron chi connectivity index (χ4n) is 2.33. The van der Waals surface area contributed by atoms with Crippen LogP contribution in [0.5, 0.6) is 5.75 Å². The van der Waals surface area contributed by atoms with E-state index in [4.69, 9.17) is 9.15 Å². The van der Waals surface area contributed by atoms with Crippen molar-refractivity contribution < 1.29 is 9.15 Å². The van der Waals surface area contributed by atoms with Gasteiger partial charge in [-0.3, -0.25) is 4.99 Å². The molecule has 3 heteroatoms. The minimum Gasteiger partial charge on any atom is -0.489 e. The summed E-state index contributed by atoms with van der Waals surface area (Å²) in [5, 5.41) is 0. The number of aliphatic imine (C=N–C) groups is 1. The van der Waals surface area contributed by atoms with E-state index in [2.05, 4.69) is 36.2 Å². The predicted molar refractivity (Wildman–Crippen MR) is 96.6 cm³/mol. The summed E-state index contributed by atoms with van der Waals surface area (Å²) in [6.07, 6.45) is 4.56. The Morgan fingerprint density at radius 2 is 1.71 bits per heavy atom. The predicted octanol–water partition coefficient (Wildman–Crippen LogP) is 5.04. The van der Waals surface area contributed by atoms with Crippen molar-refractivity contribution in [1.82, 2.24) is 0 Å². The van der Waals surface area contributed by atoms with Crippen molar-refractivity contribution in [3.05, 3.63) is 89.4 Å². The first-order chi connectivity index (χ1) is 11.8. The van der Waals surface area contributed by atoms with Crippen LogP contribution < -0.4 is 4.74 Å². The molecule has 0 aliphatic rings. The SMILES string of the molecule is CCc1ccc(COc2ccc(C=NCc3ccco3)cc2)cc1. The van der Waals surface area contributed by atoms with Crippen LogP contribution in [0, 0.1) is 0 Å². The van der Waals surface area contributed by atoms with Crippen molar-refractivity contribution in [2.24, 2.45) is 4.99 Å². The van der Waals surface area contributed by atoms with Crippen LogP contribution in [0.3, 0.4) is 0 Å². The van der Waals surface area contributed by atoms with Crippen LogP contribution in [0.2, 0.25) is 0 Å². The van der Waals surface area contributed by atoms with Gasteiger partial charge in [0, 0.05) is 6.21 Å². The monoisotopic (exact) mass is 319 g/mol. The molecule has 0 fully saturated rings. The summed E-state index contributed by atoms with van der Waals surface area (Å²) in [6, 6.07) is 20.3. The Morgan fingerprint density at radius 1 is 0.958 bits per heavy atom. The summed E-state index contributed by atoms with van der Waals surface area (Å²) in [5.41, 5.74) is 3.56. The van der Waals surface area contributed by atoms with E-state index in [0.29, 0.717) is 13.2 Å². The first-order valence-electron chi connectivity index (χ1n) is 8.16. The number of benzene rings is 2. The summed E-state index contributed by atoms with van der Waals surface area (Å²) < 4.78 is 11.1. The zero-order valence-corrected chi connectivity index (χ0v) is 13.8. The van der Waals surface area contributed by atoms with E-state index in [-0.39, 0.29) is 0 Å². The number of aryl methyl sites for hydroxylation is 1. The van der Waals surface area contributed by atoms with Crippen LogP contribution >= 0.6 is 0 Å². The van der Waals surface area contributed by atoms with Gasteiger partial charge in [0.05, 0.1) is 12.8 Å². The molecule has 0 bridgehead atoms. The number of rotatable bonds is 7. The highest BCUT2D eigenvalue weighted by atomic mass is 16.5. The minimum atomic E-state index is 0.555. The fourth-order valence-corrected chi connectivity index (χ4v) is 2.33. The summed E-state index contributed by atoms with van der Waals surface area (Å²) in [6.45, 7) is 3.29. The maximum atomic E-state index is 5.82. The minimum absolute atomic E-state index is 0.555. The maximum Gasteiger partial charge on any atom is 0.125 e. The van der Waals surface area contributed by atoms with Crippen molar-refractivity contribution in [3.63, 3.8) is 0 Å². The Bertz CT molecular complexity index is 757. The Hall–Kier alpha value is -2.81. The molecular formula is C21H21NO2.